The fourth-order valence-electron chi connectivity index (χ4n) is 1.77. The van der Waals surface area contributed by atoms with Crippen molar-refractivity contribution >= 4 is 28.6 Å². The first-order chi connectivity index (χ1) is 8.56. The van der Waals surface area contributed by atoms with Crippen LogP contribution in [-0.4, -0.2) is 12.2 Å². The van der Waals surface area contributed by atoms with Crippen LogP contribution < -0.4 is 4.90 Å². The Labute approximate surface area is 116 Å². The van der Waals surface area contributed by atoms with Crippen LogP contribution in [0.3, 0.4) is 0 Å². The van der Waals surface area contributed by atoms with Gasteiger partial charge >= 0.3 is 0 Å². The summed E-state index contributed by atoms with van der Waals surface area (Å²) in [6, 6.07) is 11.9. The molecule has 1 N–H and O–H groups in total. The molecule has 2 nitrogen and oxygen atoms in total. The maximum absolute atomic E-state index is 9.46. The summed E-state index contributed by atoms with van der Waals surface area (Å²) >= 11 is 7.52. The number of aliphatic hydroxyl groups excluding tert-OH is 1. The van der Waals surface area contributed by atoms with Crippen molar-refractivity contribution in [3.63, 3.8) is 0 Å². The highest BCUT2D eigenvalue weighted by atomic mass is 35.5. The lowest BCUT2D eigenvalue weighted by Crippen LogP contribution is -2.15. The Bertz CT molecular complexity index is 507. The minimum Gasteiger partial charge on any atom is -0.389 e. The zero-order valence-corrected chi connectivity index (χ0v) is 12.0. The summed E-state index contributed by atoms with van der Waals surface area (Å²) in [6.07, 6.45) is -0.416. The molecule has 0 unspecified atom stereocenters. The molecule has 0 spiro atoms. The Morgan fingerprint density at radius 1 is 1.22 bits per heavy atom. The van der Waals surface area contributed by atoms with Crippen LogP contribution in [0.2, 0.25) is 4.34 Å². The third kappa shape index (κ3) is 3.25. The van der Waals surface area contributed by atoms with Gasteiger partial charge in [-0.05, 0) is 36.8 Å². The Kier molecular flexibility index (Phi) is 4.27. The zero-order chi connectivity index (χ0) is 13.1. The molecule has 2 aromatic rings. The molecule has 1 aromatic heterocycles. The highest BCUT2D eigenvalue weighted by molar-refractivity contribution is 7.16. The first-order valence-electron chi connectivity index (χ1n) is 5.79. The van der Waals surface area contributed by atoms with Gasteiger partial charge < -0.3 is 10.0 Å². The van der Waals surface area contributed by atoms with Gasteiger partial charge in [-0.3, -0.25) is 0 Å². The molecule has 1 atom stereocenters. The molecular weight excluding hydrogens is 266 g/mol. The summed E-state index contributed by atoms with van der Waals surface area (Å²) in [6.45, 7) is 2.61. The fraction of sp³-hybridized carbons (Fsp3) is 0.286. The number of thiophene rings is 1. The van der Waals surface area contributed by atoms with Crippen molar-refractivity contribution in [1.82, 2.24) is 0 Å². The van der Waals surface area contributed by atoms with E-state index in [1.54, 1.807) is 18.3 Å². The smallest absolute Gasteiger partial charge is 0.0931 e. The van der Waals surface area contributed by atoms with E-state index >= 15 is 0 Å². The van der Waals surface area contributed by atoms with Crippen molar-refractivity contribution < 1.29 is 5.11 Å². The van der Waals surface area contributed by atoms with E-state index in [2.05, 4.69) is 4.90 Å². The van der Waals surface area contributed by atoms with Crippen LogP contribution in [0, 0.1) is 0 Å². The van der Waals surface area contributed by atoms with Gasteiger partial charge in [0.2, 0.25) is 0 Å². The minimum absolute atomic E-state index is 0.416. The maximum atomic E-state index is 9.46. The quantitative estimate of drug-likeness (QED) is 0.912. The largest absolute Gasteiger partial charge is 0.389 e. The van der Waals surface area contributed by atoms with E-state index in [-0.39, 0.29) is 0 Å². The maximum Gasteiger partial charge on any atom is 0.0931 e. The molecule has 0 aliphatic heterocycles. The zero-order valence-electron chi connectivity index (χ0n) is 10.4. The molecule has 0 aliphatic rings. The van der Waals surface area contributed by atoms with Gasteiger partial charge in [-0.25, -0.2) is 0 Å². The lowest BCUT2D eigenvalue weighted by atomic mass is 10.1. The predicted octanol–water partition coefficient (Wildman–Crippen LogP) is 4.09. The topological polar surface area (TPSA) is 23.5 Å². The van der Waals surface area contributed by atoms with Crippen molar-refractivity contribution in [2.24, 2.45) is 0 Å². The molecule has 4 heteroatoms. The Morgan fingerprint density at radius 2 is 1.89 bits per heavy atom. The molecule has 96 valence electrons. The lowest BCUT2D eigenvalue weighted by Gasteiger charge is -2.19. The second-order valence-corrected chi connectivity index (χ2v) is 6.13. The third-order valence-electron chi connectivity index (χ3n) is 2.84. The van der Waals surface area contributed by atoms with Gasteiger partial charge in [0.05, 0.1) is 17.0 Å². The molecule has 18 heavy (non-hydrogen) atoms. The van der Waals surface area contributed by atoms with Gasteiger partial charge in [0.25, 0.3) is 0 Å². The summed E-state index contributed by atoms with van der Waals surface area (Å²) in [4.78, 5) is 3.40. The van der Waals surface area contributed by atoms with Crippen LogP contribution in [0.15, 0.2) is 36.4 Å². The Morgan fingerprint density at radius 3 is 2.39 bits per heavy atom. The first kappa shape index (κ1) is 13.4. The number of aliphatic hydroxyl groups is 1. The van der Waals surface area contributed by atoms with Gasteiger partial charge in [-0.1, -0.05) is 23.7 Å². The number of benzene rings is 1. The molecule has 0 saturated carbocycles. The van der Waals surface area contributed by atoms with Crippen molar-refractivity contribution in [2.45, 2.75) is 19.6 Å². The summed E-state index contributed by atoms with van der Waals surface area (Å²) in [7, 11) is 2.05. The molecule has 0 bridgehead atoms. The van der Waals surface area contributed by atoms with E-state index in [1.165, 1.54) is 4.88 Å². The van der Waals surface area contributed by atoms with E-state index in [9.17, 15) is 5.11 Å². The fourth-order valence-corrected chi connectivity index (χ4v) is 2.91. The summed E-state index contributed by atoms with van der Waals surface area (Å²) < 4.78 is 0.822. The second kappa shape index (κ2) is 5.74. The molecule has 0 amide bonds. The standard InChI is InChI=1S/C14H16ClNOS/c1-10(17)11-3-5-12(6-4-11)16(2)9-13-7-8-14(15)18-13/h3-8,10,17H,9H2,1-2H3/t10-/m0/s1. The number of halogens is 1. The second-order valence-electron chi connectivity index (χ2n) is 4.33. The summed E-state index contributed by atoms with van der Waals surface area (Å²) in [5, 5.41) is 9.46. The minimum atomic E-state index is -0.416. The summed E-state index contributed by atoms with van der Waals surface area (Å²) in [5.41, 5.74) is 2.07. The molecular formula is C14H16ClNOS. The molecule has 2 rings (SSSR count). The molecule has 1 aromatic carbocycles. The SMILES string of the molecule is C[C@H](O)c1ccc(N(C)Cc2ccc(Cl)s2)cc1. The van der Waals surface area contributed by atoms with Gasteiger partial charge in [0.1, 0.15) is 0 Å². The van der Waals surface area contributed by atoms with Gasteiger partial charge in [0.15, 0.2) is 0 Å². The highest BCUT2D eigenvalue weighted by Gasteiger charge is 2.06. The first-order valence-corrected chi connectivity index (χ1v) is 6.99. The van der Waals surface area contributed by atoms with Crippen LogP contribution in [-0.2, 0) is 6.54 Å². The summed E-state index contributed by atoms with van der Waals surface area (Å²) in [5.74, 6) is 0. The third-order valence-corrected chi connectivity index (χ3v) is 4.05. The molecule has 0 radical (unpaired) electrons. The van der Waals surface area contributed by atoms with Crippen molar-refractivity contribution in [1.29, 1.82) is 0 Å². The number of rotatable bonds is 4. The van der Waals surface area contributed by atoms with Crippen LogP contribution in [0.4, 0.5) is 5.69 Å². The van der Waals surface area contributed by atoms with E-state index < -0.39 is 6.10 Å². The van der Waals surface area contributed by atoms with Gasteiger partial charge in [-0.15, -0.1) is 11.3 Å². The molecule has 0 aliphatic carbocycles. The lowest BCUT2D eigenvalue weighted by molar-refractivity contribution is 0.199. The number of anilines is 1. The number of nitrogens with zero attached hydrogens (tertiary/aromatic N) is 1. The van der Waals surface area contributed by atoms with Crippen molar-refractivity contribution in [3.05, 3.63) is 51.2 Å². The Balaban J connectivity index is 2.06. The van der Waals surface area contributed by atoms with Gasteiger partial charge in [-0.2, -0.15) is 0 Å². The van der Waals surface area contributed by atoms with E-state index in [0.29, 0.717) is 0 Å². The van der Waals surface area contributed by atoms with Crippen LogP contribution in [0.1, 0.15) is 23.5 Å². The average Bonchev–Trinajstić information content (AvgIpc) is 2.75. The monoisotopic (exact) mass is 281 g/mol. The predicted molar refractivity (Wildman–Crippen MR) is 78.5 cm³/mol. The Hall–Kier alpha value is -1.03. The van der Waals surface area contributed by atoms with Crippen molar-refractivity contribution in [2.75, 3.05) is 11.9 Å². The van der Waals surface area contributed by atoms with E-state index in [1.807, 2.05) is 43.4 Å². The van der Waals surface area contributed by atoms with Crippen LogP contribution in [0.25, 0.3) is 0 Å². The van der Waals surface area contributed by atoms with Crippen LogP contribution in [0.5, 0.6) is 0 Å². The van der Waals surface area contributed by atoms with E-state index in [4.69, 9.17) is 11.6 Å². The average molecular weight is 282 g/mol. The van der Waals surface area contributed by atoms with Crippen LogP contribution >= 0.6 is 22.9 Å². The van der Waals surface area contributed by atoms with E-state index in [0.717, 1.165) is 22.1 Å². The normalized spacial score (nSPS) is 12.4. The van der Waals surface area contributed by atoms with Crippen molar-refractivity contribution in [3.8, 4) is 0 Å². The number of hydrogen-bond acceptors (Lipinski definition) is 3. The van der Waals surface area contributed by atoms with Gasteiger partial charge in [0, 0.05) is 17.6 Å². The molecule has 0 fully saturated rings. The highest BCUT2D eigenvalue weighted by Crippen LogP contribution is 2.25. The molecule has 1 heterocycles. The molecule has 0 saturated heterocycles. The number of hydrogen-bond donors (Lipinski definition) is 1.